The van der Waals surface area contributed by atoms with E-state index in [1.807, 2.05) is 11.4 Å². The van der Waals surface area contributed by atoms with Crippen LogP contribution in [0.2, 0.25) is 0 Å². The van der Waals surface area contributed by atoms with Crippen LogP contribution in [0.15, 0.2) is 35.7 Å². The van der Waals surface area contributed by atoms with E-state index in [0.29, 0.717) is 47.6 Å². The van der Waals surface area contributed by atoms with E-state index >= 15 is 0 Å². The fraction of sp³-hybridized carbons (Fsp3) is 0.600. The summed E-state index contributed by atoms with van der Waals surface area (Å²) >= 11 is 7.12. The first-order chi connectivity index (χ1) is 41.8. The van der Waals surface area contributed by atoms with Gasteiger partial charge in [-0.1, -0.05) is 207 Å². The number of ether oxygens (including phenoxy) is 4. The van der Waals surface area contributed by atoms with Crippen LogP contribution in [0, 0.1) is 13.8 Å². The number of hydrogen-bond acceptors (Lipinski definition) is 15. The molecule has 8 rings (SSSR count). The monoisotopic (exact) mass is 1250 g/mol. The van der Waals surface area contributed by atoms with Gasteiger partial charge >= 0.3 is 11.9 Å². The van der Waals surface area contributed by atoms with E-state index in [1.54, 1.807) is 11.3 Å². The van der Waals surface area contributed by atoms with Gasteiger partial charge in [0, 0.05) is 53.7 Å². The first-order valence-electron chi connectivity index (χ1n) is 33.0. The highest BCUT2D eigenvalue weighted by atomic mass is 32.1. The quantitative estimate of drug-likeness (QED) is 0.0270. The minimum Gasteiger partial charge on any atom is -0.493 e. The zero-order chi connectivity index (χ0) is 59.6. The number of nitrogens with zero attached hydrogens (tertiary/aromatic N) is 4. The van der Waals surface area contributed by atoms with Crippen LogP contribution in [0.3, 0.4) is 0 Å². The maximum Gasteiger partial charge on any atom is 0.340 e. The van der Waals surface area contributed by atoms with Gasteiger partial charge in [-0.05, 0) is 69.2 Å². The summed E-state index contributed by atoms with van der Waals surface area (Å²) in [6, 6.07) is 10.5. The number of fused-ring (bicyclic) bond motifs is 4. The molecular formula is C70H96N4O6S5. The summed E-state index contributed by atoms with van der Waals surface area (Å²) in [5.41, 5.74) is 9.09. The van der Waals surface area contributed by atoms with E-state index in [9.17, 15) is 9.59 Å². The molecule has 0 saturated carbocycles. The fourth-order valence-corrected chi connectivity index (χ4v) is 16.4. The van der Waals surface area contributed by atoms with E-state index < -0.39 is 0 Å². The van der Waals surface area contributed by atoms with Gasteiger partial charge < -0.3 is 18.9 Å². The molecule has 5 aromatic heterocycles. The van der Waals surface area contributed by atoms with Gasteiger partial charge in [-0.15, -0.1) is 34.0 Å². The lowest BCUT2D eigenvalue weighted by Crippen LogP contribution is -2.11. The number of rotatable bonds is 43. The van der Waals surface area contributed by atoms with Gasteiger partial charge in [0.1, 0.15) is 33.6 Å². The molecular weight excluding hydrogens is 1150 g/mol. The summed E-state index contributed by atoms with van der Waals surface area (Å²) in [5, 5.41) is 3.40. The number of benzene rings is 3. The van der Waals surface area contributed by atoms with Crippen LogP contribution in [0.5, 0.6) is 11.5 Å². The smallest absolute Gasteiger partial charge is 0.340 e. The standard InChI is InChI=1S/C70H96N4O6S5/c1-7-11-15-19-23-25-27-29-33-37-44-79-69(75)60-51-41-46-81-67(51)61(70(76)80-45-38-34-30-28-26-24-20-16-12-8-2)52-47-57(83-68(52)60)59-50(6)66(78-43-36-32-22-18-14-10-4)62(65-64(59)73-85-74-65)56-40-39-55(82-56)58-49(5)54(48-53-63(58)72-84-71-53)77-42-35-31-21-17-13-9-3/h39-41,46-48H,7-38,42-45H2,1-6H3. The largest absolute Gasteiger partial charge is 0.493 e. The van der Waals surface area contributed by atoms with Crippen molar-refractivity contribution >= 4 is 112 Å². The van der Waals surface area contributed by atoms with Gasteiger partial charge in [0.25, 0.3) is 0 Å². The Balaban J connectivity index is 1.14. The lowest BCUT2D eigenvalue weighted by atomic mass is 9.97. The highest BCUT2D eigenvalue weighted by Crippen LogP contribution is 2.52. The first-order valence-corrected chi connectivity index (χ1v) is 37.0. The molecule has 8 aromatic rings. The van der Waals surface area contributed by atoms with E-state index in [2.05, 4.69) is 65.8 Å². The lowest BCUT2D eigenvalue weighted by molar-refractivity contribution is 0.0490. The lowest BCUT2D eigenvalue weighted by Gasteiger charge is -2.17. The molecule has 0 radical (unpaired) electrons. The van der Waals surface area contributed by atoms with E-state index in [1.165, 1.54) is 187 Å². The molecule has 0 fully saturated rings. The number of unbranched alkanes of at least 4 members (excludes halogenated alkanes) is 28. The average molecular weight is 1250 g/mol. The van der Waals surface area contributed by atoms with Crippen LogP contribution < -0.4 is 9.47 Å². The Morgan fingerprint density at radius 2 is 0.847 bits per heavy atom. The zero-order valence-corrected chi connectivity index (χ0v) is 56.3. The minimum absolute atomic E-state index is 0.350. The van der Waals surface area contributed by atoms with Crippen molar-refractivity contribution < 1.29 is 28.5 Å². The zero-order valence-electron chi connectivity index (χ0n) is 52.2. The first kappa shape index (κ1) is 66.4. The van der Waals surface area contributed by atoms with Crippen molar-refractivity contribution in [2.45, 2.75) is 247 Å². The molecule has 462 valence electrons. The summed E-state index contributed by atoms with van der Waals surface area (Å²) in [4.78, 5) is 32.3. The molecule has 0 amide bonds. The van der Waals surface area contributed by atoms with Gasteiger partial charge in [0.15, 0.2) is 0 Å². The Morgan fingerprint density at radius 3 is 1.39 bits per heavy atom. The topological polar surface area (TPSA) is 123 Å². The number of esters is 2. The van der Waals surface area contributed by atoms with Crippen molar-refractivity contribution in [2.75, 3.05) is 26.4 Å². The summed E-state index contributed by atoms with van der Waals surface area (Å²) in [7, 11) is 0. The van der Waals surface area contributed by atoms with E-state index in [0.717, 1.165) is 150 Å². The molecule has 0 aliphatic heterocycles. The van der Waals surface area contributed by atoms with Gasteiger partial charge in [-0.25, -0.2) is 9.59 Å². The molecule has 10 nitrogen and oxygen atoms in total. The van der Waals surface area contributed by atoms with E-state index in [4.69, 9.17) is 36.4 Å². The number of thiophene rings is 3. The Hall–Kier alpha value is -4.54. The van der Waals surface area contributed by atoms with Crippen LogP contribution in [0.25, 0.3) is 73.6 Å². The van der Waals surface area contributed by atoms with Crippen molar-refractivity contribution in [1.82, 2.24) is 17.5 Å². The Bertz CT molecular complexity index is 3220. The highest BCUT2D eigenvalue weighted by Gasteiger charge is 2.31. The highest BCUT2D eigenvalue weighted by molar-refractivity contribution is 7.23. The second-order valence-corrected chi connectivity index (χ2v) is 27.6. The molecule has 15 heteroatoms. The van der Waals surface area contributed by atoms with Gasteiger partial charge in [-0.3, -0.25) is 0 Å². The van der Waals surface area contributed by atoms with Crippen LogP contribution in [-0.2, 0) is 9.47 Å². The third-order valence-corrected chi connectivity index (χ3v) is 21.1. The van der Waals surface area contributed by atoms with Gasteiger partial charge in [0.2, 0.25) is 0 Å². The van der Waals surface area contributed by atoms with Crippen LogP contribution in [0.4, 0.5) is 0 Å². The summed E-state index contributed by atoms with van der Waals surface area (Å²) < 4.78 is 47.2. The molecule has 0 aliphatic carbocycles. The number of hydrogen-bond donors (Lipinski definition) is 0. The summed E-state index contributed by atoms with van der Waals surface area (Å²) in [6.45, 7) is 15.2. The normalized spacial score (nSPS) is 11.8. The third-order valence-electron chi connectivity index (χ3n) is 16.8. The minimum atomic E-state index is -0.358. The molecule has 0 N–H and O–H groups in total. The fourth-order valence-electron chi connectivity index (χ4n) is 11.9. The predicted octanol–water partition coefficient (Wildman–Crippen LogP) is 23.4. The molecule has 3 aromatic carbocycles. The molecule has 0 saturated heterocycles. The summed E-state index contributed by atoms with van der Waals surface area (Å²) in [6.07, 6.45) is 38.0. The Morgan fingerprint density at radius 1 is 0.412 bits per heavy atom. The SMILES string of the molecule is CCCCCCCCCCCCOC(=O)c1c2cc(-c3c(C)c(OCCCCCCCC)c(-c4ccc(-c5c(C)c(OCCCCCCCC)cc6nsnc56)s4)c4nsnc34)sc2c(C(=O)OCCCCCCCCCCCC)c2ccsc12. The molecule has 85 heavy (non-hydrogen) atoms. The average Bonchev–Trinajstić information content (AvgIpc) is 1.81. The van der Waals surface area contributed by atoms with Crippen LogP contribution in [-0.4, -0.2) is 55.9 Å². The second-order valence-electron chi connectivity index (χ2n) is 23.5. The van der Waals surface area contributed by atoms with Gasteiger partial charge in [-0.2, -0.15) is 17.5 Å². The molecule has 0 spiro atoms. The van der Waals surface area contributed by atoms with E-state index in [-0.39, 0.29) is 11.9 Å². The molecule has 0 unspecified atom stereocenters. The number of aromatic nitrogens is 4. The number of carbonyl (C=O) groups is 2. The number of carbonyl (C=O) groups excluding carboxylic acids is 2. The van der Waals surface area contributed by atoms with Gasteiger partial charge in [0.05, 0.1) is 76.0 Å². The Labute approximate surface area is 528 Å². The van der Waals surface area contributed by atoms with Crippen molar-refractivity contribution in [1.29, 1.82) is 0 Å². The third kappa shape index (κ3) is 18.1. The second kappa shape index (κ2) is 36.1. The molecule has 0 aliphatic rings. The van der Waals surface area contributed by atoms with Crippen molar-refractivity contribution in [2.24, 2.45) is 0 Å². The van der Waals surface area contributed by atoms with Crippen LogP contribution >= 0.6 is 57.5 Å². The maximum absolute atomic E-state index is 14.7. The van der Waals surface area contributed by atoms with Crippen molar-refractivity contribution in [3.05, 3.63) is 58.0 Å². The van der Waals surface area contributed by atoms with Crippen molar-refractivity contribution in [3.63, 3.8) is 0 Å². The Kier molecular flexibility index (Phi) is 28.2. The van der Waals surface area contributed by atoms with Crippen LogP contribution in [0.1, 0.15) is 265 Å². The summed E-state index contributed by atoms with van der Waals surface area (Å²) in [5.74, 6) is 0.911. The maximum atomic E-state index is 14.7. The molecule has 5 heterocycles. The van der Waals surface area contributed by atoms with Crippen molar-refractivity contribution in [3.8, 4) is 42.8 Å². The predicted molar refractivity (Wildman–Crippen MR) is 365 cm³/mol. The molecule has 0 bridgehead atoms. The molecule has 0 atom stereocenters.